The van der Waals surface area contributed by atoms with Crippen LogP contribution in [0.2, 0.25) is 0 Å². The van der Waals surface area contributed by atoms with Crippen molar-refractivity contribution in [2.24, 2.45) is 0 Å². The fourth-order valence-electron chi connectivity index (χ4n) is 2.46. The summed E-state index contributed by atoms with van der Waals surface area (Å²) in [6.45, 7) is 1.60. The molecule has 3 aromatic rings. The third kappa shape index (κ3) is 5.02. The summed E-state index contributed by atoms with van der Waals surface area (Å²) in [7, 11) is 1.58. The van der Waals surface area contributed by atoms with Gasteiger partial charge in [-0.2, -0.15) is 5.26 Å². The van der Waals surface area contributed by atoms with Crippen LogP contribution in [0.5, 0.6) is 23.1 Å². The van der Waals surface area contributed by atoms with E-state index in [1.807, 2.05) is 6.07 Å². The molecule has 1 atom stereocenters. The standard InChI is InChI=1S/C22H19N3O4/c1-15(28-20-8-4-3-6-16(20)14-23)21(26)25-19-7-5-13-24-22(19)29-18-11-9-17(27-2)10-12-18/h3-13,15H,1-2H3,(H,25,26). The van der Waals surface area contributed by atoms with Crippen molar-refractivity contribution >= 4 is 11.6 Å². The van der Waals surface area contributed by atoms with Crippen LogP contribution in [-0.4, -0.2) is 24.1 Å². The van der Waals surface area contributed by atoms with Crippen molar-refractivity contribution in [1.29, 1.82) is 5.26 Å². The number of hydrogen-bond donors (Lipinski definition) is 1. The number of ether oxygens (including phenoxy) is 3. The lowest BCUT2D eigenvalue weighted by molar-refractivity contribution is -0.122. The summed E-state index contributed by atoms with van der Waals surface area (Å²) >= 11 is 0. The minimum absolute atomic E-state index is 0.246. The first-order valence-electron chi connectivity index (χ1n) is 8.84. The van der Waals surface area contributed by atoms with E-state index in [-0.39, 0.29) is 5.88 Å². The molecule has 0 bridgehead atoms. The van der Waals surface area contributed by atoms with Gasteiger partial charge < -0.3 is 19.5 Å². The molecule has 0 aliphatic heterocycles. The van der Waals surface area contributed by atoms with Gasteiger partial charge in [0.2, 0.25) is 5.88 Å². The van der Waals surface area contributed by atoms with Gasteiger partial charge in [-0.05, 0) is 55.5 Å². The van der Waals surface area contributed by atoms with Gasteiger partial charge in [-0.15, -0.1) is 0 Å². The van der Waals surface area contributed by atoms with Crippen molar-refractivity contribution < 1.29 is 19.0 Å². The van der Waals surface area contributed by atoms with E-state index in [2.05, 4.69) is 10.3 Å². The van der Waals surface area contributed by atoms with Crippen LogP contribution in [0.15, 0.2) is 66.9 Å². The number of hydrogen-bond acceptors (Lipinski definition) is 6. The van der Waals surface area contributed by atoms with E-state index in [1.165, 1.54) is 0 Å². The van der Waals surface area contributed by atoms with Gasteiger partial charge in [0.05, 0.1) is 12.7 Å². The molecule has 0 radical (unpaired) electrons. The highest BCUT2D eigenvalue weighted by Gasteiger charge is 2.18. The topological polar surface area (TPSA) is 93.5 Å². The number of carbonyl (C=O) groups is 1. The number of nitriles is 1. The lowest BCUT2D eigenvalue weighted by Crippen LogP contribution is -2.30. The van der Waals surface area contributed by atoms with Crippen molar-refractivity contribution in [3.63, 3.8) is 0 Å². The summed E-state index contributed by atoms with van der Waals surface area (Å²) in [5.41, 5.74) is 0.759. The second-order valence-corrected chi connectivity index (χ2v) is 5.99. The number of methoxy groups -OCH3 is 1. The molecule has 1 amide bonds. The lowest BCUT2D eigenvalue weighted by Gasteiger charge is -2.16. The third-order valence-electron chi connectivity index (χ3n) is 3.98. The third-order valence-corrected chi connectivity index (χ3v) is 3.98. The van der Waals surface area contributed by atoms with E-state index in [1.54, 1.807) is 80.9 Å². The lowest BCUT2D eigenvalue weighted by atomic mass is 10.2. The Morgan fingerprint density at radius 1 is 1.07 bits per heavy atom. The number of anilines is 1. The van der Waals surface area contributed by atoms with E-state index in [4.69, 9.17) is 19.5 Å². The molecule has 1 unspecified atom stereocenters. The Labute approximate surface area is 168 Å². The van der Waals surface area contributed by atoms with Gasteiger partial charge in [0.15, 0.2) is 6.10 Å². The zero-order valence-corrected chi connectivity index (χ0v) is 16.0. The average Bonchev–Trinajstić information content (AvgIpc) is 2.76. The number of aromatic nitrogens is 1. The van der Waals surface area contributed by atoms with E-state index in [0.29, 0.717) is 28.5 Å². The summed E-state index contributed by atoms with van der Waals surface area (Å²) in [5.74, 6) is 1.45. The SMILES string of the molecule is COc1ccc(Oc2ncccc2NC(=O)C(C)Oc2ccccc2C#N)cc1. The first kappa shape index (κ1) is 19.7. The smallest absolute Gasteiger partial charge is 0.265 e. The van der Waals surface area contributed by atoms with Crippen molar-refractivity contribution in [3.8, 4) is 29.2 Å². The van der Waals surface area contributed by atoms with Crippen molar-refractivity contribution in [1.82, 2.24) is 4.98 Å². The normalized spacial score (nSPS) is 11.1. The zero-order chi connectivity index (χ0) is 20.6. The quantitative estimate of drug-likeness (QED) is 0.652. The fraction of sp³-hybridized carbons (Fsp3) is 0.136. The van der Waals surface area contributed by atoms with E-state index in [0.717, 1.165) is 0 Å². The Bertz CT molecular complexity index is 1030. The first-order valence-corrected chi connectivity index (χ1v) is 8.84. The molecule has 0 fully saturated rings. The van der Waals surface area contributed by atoms with E-state index in [9.17, 15) is 4.79 Å². The molecular weight excluding hydrogens is 370 g/mol. The van der Waals surface area contributed by atoms with Crippen LogP contribution in [0.4, 0.5) is 5.69 Å². The molecular formula is C22H19N3O4. The van der Waals surface area contributed by atoms with Gasteiger partial charge in [0.1, 0.15) is 29.0 Å². The summed E-state index contributed by atoms with van der Waals surface area (Å²) in [5, 5.41) is 11.9. The predicted octanol–water partition coefficient (Wildman–Crippen LogP) is 4.16. The summed E-state index contributed by atoms with van der Waals surface area (Å²) in [4.78, 5) is 16.8. The average molecular weight is 389 g/mol. The largest absolute Gasteiger partial charge is 0.497 e. The molecule has 1 N–H and O–H groups in total. The number of benzene rings is 2. The van der Waals surface area contributed by atoms with Crippen LogP contribution in [0.3, 0.4) is 0 Å². The van der Waals surface area contributed by atoms with Crippen LogP contribution in [0, 0.1) is 11.3 Å². The summed E-state index contributed by atoms with van der Waals surface area (Å²) in [6.07, 6.45) is 0.732. The molecule has 0 spiro atoms. The molecule has 29 heavy (non-hydrogen) atoms. The second-order valence-electron chi connectivity index (χ2n) is 5.99. The van der Waals surface area contributed by atoms with Crippen molar-refractivity contribution in [2.75, 3.05) is 12.4 Å². The Balaban J connectivity index is 1.71. The van der Waals surface area contributed by atoms with Crippen LogP contribution in [0.1, 0.15) is 12.5 Å². The maximum Gasteiger partial charge on any atom is 0.265 e. The zero-order valence-electron chi connectivity index (χ0n) is 16.0. The van der Waals surface area contributed by atoms with E-state index < -0.39 is 12.0 Å². The number of carbonyl (C=O) groups excluding carboxylic acids is 1. The van der Waals surface area contributed by atoms with Gasteiger partial charge in [-0.1, -0.05) is 12.1 Å². The maximum atomic E-state index is 12.6. The van der Waals surface area contributed by atoms with Crippen LogP contribution < -0.4 is 19.5 Å². The number of rotatable bonds is 7. The van der Waals surface area contributed by atoms with Gasteiger partial charge in [-0.25, -0.2) is 4.98 Å². The number of nitrogens with one attached hydrogen (secondary N) is 1. The molecule has 0 saturated heterocycles. The highest BCUT2D eigenvalue weighted by molar-refractivity contribution is 5.95. The molecule has 2 aromatic carbocycles. The van der Waals surface area contributed by atoms with Gasteiger partial charge in [-0.3, -0.25) is 4.79 Å². The number of nitrogens with zero attached hydrogens (tertiary/aromatic N) is 2. The van der Waals surface area contributed by atoms with Gasteiger partial charge in [0, 0.05) is 6.20 Å². The Hall–Kier alpha value is -4.05. The molecule has 0 aliphatic carbocycles. The van der Waals surface area contributed by atoms with E-state index >= 15 is 0 Å². The Morgan fingerprint density at radius 3 is 2.52 bits per heavy atom. The summed E-state index contributed by atoms with van der Waals surface area (Å²) in [6, 6.07) is 19.2. The molecule has 0 aliphatic rings. The molecule has 146 valence electrons. The summed E-state index contributed by atoms with van der Waals surface area (Å²) < 4.78 is 16.5. The van der Waals surface area contributed by atoms with Gasteiger partial charge in [0.25, 0.3) is 5.91 Å². The number of para-hydroxylation sites is 1. The monoisotopic (exact) mass is 389 g/mol. The minimum Gasteiger partial charge on any atom is -0.497 e. The van der Waals surface area contributed by atoms with Crippen LogP contribution in [0.25, 0.3) is 0 Å². The molecule has 7 nitrogen and oxygen atoms in total. The van der Waals surface area contributed by atoms with Gasteiger partial charge >= 0.3 is 0 Å². The molecule has 1 aromatic heterocycles. The van der Waals surface area contributed by atoms with Crippen molar-refractivity contribution in [3.05, 3.63) is 72.4 Å². The van der Waals surface area contributed by atoms with Crippen LogP contribution >= 0.6 is 0 Å². The number of pyridine rings is 1. The highest BCUT2D eigenvalue weighted by Crippen LogP contribution is 2.28. The molecule has 0 saturated carbocycles. The predicted molar refractivity (Wildman–Crippen MR) is 107 cm³/mol. The highest BCUT2D eigenvalue weighted by atomic mass is 16.5. The van der Waals surface area contributed by atoms with Crippen LogP contribution in [-0.2, 0) is 4.79 Å². The van der Waals surface area contributed by atoms with Crippen molar-refractivity contribution in [2.45, 2.75) is 13.0 Å². The maximum absolute atomic E-state index is 12.6. The Kier molecular flexibility index (Phi) is 6.28. The molecule has 3 rings (SSSR count). The Morgan fingerprint density at radius 2 is 1.79 bits per heavy atom. The molecule has 7 heteroatoms. The number of amides is 1. The second kappa shape index (κ2) is 9.24. The minimum atomic E-state index is -0.835. The molecule has 1 heterocycles. The first-order chi connectivity index (χ1) is 14.1. The fourth-order valence-corrected chi connectivity index (χ4v) is 2.46.